The smallest absolute Gasteiger partial charge is 0.303 e. The zero-order valence-corrected chi connectivity index (χ0v) is 7.08. The Morgan fingerprint density at radius 2 is 2.33 bits per heavy atom. The van der Waals surface area contributed by atoms with Crippen LogP contribution in [0, 0.1) is 11.3 Å². The molecule has 1 spiro atoms. The van der Waals surface area contributed by atoms with Crippen LogP contribution in [0.5, 0.6) is 0 Å². The highest BCUT2D eigenvalue weighted by Gasteiger charge is 2.51. The van der Waals surface area contributed by atoms with Gasteiger partial charge in [-0.3, -0.25) is 4.79 Å². The monoisotopic (exact) mass is 170 g/mol. The summed E-state index contributed by atoms with van der Waals surface area (Å²) in [4.78, 5) is 10.5. The van der Waals surface area contributed by atoms with Crippen molar-refractivity contribution in [3.8, 4) is 0 Å². The summed E-state index contributed by atoms with van der Waals surface area (Å²) < 4.78 is 5.37. The van der Waals surface area contributed by atoms with Gasteiger partial charge >= 0.3 is 5.97 Å². The van der Waals surface area contributed by atoms with Gasteiger partial charge in [-0.25, -0.2) is 0 Å². The van der Waals surface area contributed by atoms with E-state index >= 15 is 0 Å². The molecule has 0 radical (unpaired) electrons. The largest absolute Gasteiger partial charge is 0.481 e. The lowest BCUT2D eigenvalue weighted by Crippen LogP contribution is -2.30. The number of ether oxygens (including phenoxy) is 1. The molecular formula is C9H14O3. The number of rotatable bonds is 2. The van der Waals surface area contributed by atoms with Gasteiger partial charge in [0, 0.05) is 13.0 Å². The van der Waals surface area contributed by atoms with E-state index in [-0.39, 0.29) is 5.41 Å². The molecule has 3 heteroatoms. The van der Waals surface area contributed by atoms with Gasteiger partial charge in [0.2, 0.25) is 0 Å². The first-order chi connectivity index (χ1) is 5.73. The summed E-state index contributed by atoms with van der Waals surface area (Å²) in [7, 11) is 0. The van der Waals surface area contributed by atoms with E-state index in [2.05, 4.69) is 0 Å². The molecule has 1 saturated heterocycles. The summed E-state index contributed by atoms with van der Waals surface area (Å²) in [6.07, 6.45) is 3.62. The predicted octanol–water partition coefficient (Wildman–Crippen LogP) is 1.28. The van der Waals surface area contributed by atoms with Crippen LogP contribution in [0.2, 0.25) is 0 Å². The molecule has 2 aliphatic rings. The van der Waals surface area contributed by atoms with E-state index in [1.54, 1.807) is 0 Å². The molecule has 1 heterocycles. The van der Waals surface area contributed by atoms with Crippen LogP contribution in [-0.2, 0) is 9.53 Å². The third-order valence-electron chi connectivity index (χ3n) is 3.18. The van der Waals surface area contributed by atoms with Gasteiger partial charge in [-0.1, -0.05) is 0 Å². The number of hydrogen-bond donors (Lipinski definition) is 1. The van der Waals surface area contributed by atoms with Gasteiger partial charge in [0.1, 0.15) is 0 Å². The van der Waals surface area contributed by atoms with Gasteiger partial charge in [-0.2, -0.15) is 0 Å². The minimum atomic E-state index is -0.659. The molecule has 1 unspecified atom stereocenters. The zero-order chi connectivity index (χ0) is 8.60. The zero-order valence-electron chi connectivity index (χ0n) is 7.08. The Labute approximate surface area is 71.7 Å². The maximum absolute atomic E-state index is 10.5. The average Bonchev–Trinajstić information content (AvgIpc) is 2.75. The molecule has 12 heavy (non-hydrogen) atoms. The summed E-state index contributed by atoms with van der Waals surface area (Å²) in [5, 5.41) is 8.68. The summed E-state index contributed by atoms with van der Waals surface area (Å²) in [6, 6.07) is 0. The molecule has 1 N–H and O–H groups in total. The standard InChI is InChI=1S/C9H14O3/c10-8(11)5-7-1-4-12-6-9(7)2-3-9/h7H,1-6H2,(H,10,11). The molecule has 0 aromatic carbocycles. The predicted molar refractivity (Wildman–Crippen MR) is 42.8 cm³/mol. The third-order valence-corrected chi connectivity index (χ3v) is 3.18. The third kappa shape index (κ3) is 1.33. The molecular weight excluding hydrogens is 156 g/mol. The number of carboxylic acids is 1. The Morgan fingerprint density at radius 3 is 2.92 bits per heavy atom. The number of carbonyl (C=O) groups is 1. The highest BCUT2D eigenvalue weighted by atomic mass is 16.5. The van der Waals surface area contributed by atoms with Crippen molar-refractivity contribution in [2.45, 2.75) is 25.7 Å². The Balaban J connectivity index is 1.97. The lowest BCUT2D eigenvalue weighted by Gasteiger charge is -2.30. The highest BCUT2D eigenvalue weighted by Crippen LogP contribution is 2.56. The van der Waals surface area contributed by atoms with Crippen LogP contribution in [0.15, 0.2) is 0 Å². The second kappa shape index (κ2) is 2.73. The number of aliphatic carboxylic acids is 1. The normalized spacial score (nSPS) is 31.8. The van der Waals surface area contributed by atoms with Gasteiger partial charge in [0.15, 0.2) is 0 Å². The Hall–Kier alpha value is -0.570. The summed E-state index contributed by atoms with van der Waals surface area (Å²) in [5.74, 6) is -0.281. The average molecular weight is 170 g/mol. The van der Waals surface area contributed by atoms with E-state index in [1.165, 1.54) is 12.8 Å². The molecule has 68 valence electrons. The molecule has 3 nitrogen and oxygen atoms in total. The van der Waals surface area contributed by atoms with Crippen LogP contribution in [0.25, 0.3) is 0 Å². The quantitative estimate of drug-likeness (QED) is 0.679. The van der Waals surface area contributed by atoms with Crippen LogP contribution in [-0.4, -0.2) is 24.3 Å². The van der Waals surface area contributed by atoms with Crippen molar-refractivity contribution in [1.82, 2.24) is 0 Å². The Bertz CT molecular complexity index is 196. The molecule has 1 aliphatic carbocycles. The Morgan fingerprint density at radius 1 is 1.58 bits per heavy atom. The fourth-order valence-corrected chi connectivity index (χ4v) is 2.17. The van der Waals surface area contributed by atoms with Crippen molar-refractivity contribution in [2.24, 2.45) is 11.3 Å². The van der Waals surface area contributed by atoms with Gasteiger partial charge in [-0.05, 0) is 30.6 Å². The molecule has 0 aromatic rings. The Kier molecular flexibility index (Phi) is 1.83. The molecule has 0 amide bonds. The summed E-state index contributed by atoms with van der Waals surface area (Å²) in [5.41, 5.74) is 0.274. The molecule has 0 bridgehead atoms. The molecule has 1 aliphatic heterocycles. The van der Waals surface area contributed by atoms with Crippen LogP contribution >= 0.6 is 0 Å². The van der Waals surface area contributed by atoms with Crippen molar-refractivity contribution < 1.29 is 14.6 Å². The molecule has 1 saturated carbocycles. The van der Waals surface area contributed by atoms with Crippen LogP contribution in [0.1, 0.15) is 25.7 Å². The molecule has 2 fully saturated rings. The first-order valence-corrected chi connectivity index (χ1v) is 4.52. The fraction of sp³-hybridized carbons (Fsp3) is 0.889. The first kappa shape index (κ1) is 8.05. The topological polar surface area (TPSA) is 46.5 Å². The van der Waals surface area contributed by atoms with Crippen LogP contribution in [0.4, 0.5) is 0 Å². The van der Waals surface area contributed by atoms with E-state index in [0.29, 0.717) is 12.3 Å². The van der Waals surface area contributed by atoms with E-state index in [0.717, 1.165) is 19.6 Å². The summed E-state index contributed by atoms with van der Waals surface area (Å²) >= 11 is 0. The second-order valence-corrected chi connectivity index (χ2v) is 4.00. The van der Waals surface area contributed by atoms with Gasteiger partial charge in [0.25, 0.3) is 0 Å². The number of hydrogen-bond acceptors (Lipinski definition) is 2. The summed E-state index contributed by atoms with van der Waals surface area (Å²) in [6.45, 7) is 1.55. The van der Waals surface area contributed by atoms with Gasteiger partial charge in [0.05, 0.1) is 6.61 Å². The van der Waals surface area contributed by atoms with E-state index in [9.17, 15) is 4.79 Å². The molecule has 2 rings (SSSR count). The second-order valence-electron chi connectivity index (χ2n) is 4.00. The minimum absolute atomic E-state index is 0.274. The van der Waals surface area contributed by atoms with Crippen LogP contribution in [0.3, 0.4) is 0 Å². The minimum Gasteiger partial charge on any atom is -0.481 e. The van der Waals surface area contributed by atoms with Crippen molar-refractivity contribution in [2.75, 3.05) is 13.2 Å². The fourth-order valence-electron chi connectivity index (χ4n) is 2.17. The molecule has 0 aromatic heterocycles. The highest BCUT2D eigenvalue weighted by molar-refractivity contribution is 5.67. The van der Waals surface area contributed by atoms with E-state index in [1.807, 2.05) is 0 Å². The van der Waals surface area contributed by atoms with E-state index in [4.69, 9.17) is 9.84 Å². The number of carboxylic acid groups (broad SMARTS) is 1. The first-order valence-electron chi connectivity index (χ1n) is 4.52. The van der Waals surface area contributed by atoms with Crippen LogP contribution < -0.4 is 0 Å². The van der Waals surface area contributed by atoms with Crippen molar-refractivity contribution in [3.05, 3.63) is 0 Å². The maximum Gasteiger partial charge on any atom is 0.303 e. The van der Waals surface area contributed by atoms with Gasteiger partial charge < -0.3 is 9.84 Å². The maximum atomic E-state index is 10.5. The SMILES string of the molecule is O=C(O)CC1CCOCC12CC2. The van der Waals surface area contributed by atoms with Gasteiger partial charge in [-0.15, -0.1) is 0 Å². The van der Waals surface area contributed by atoms with E-state index < -0.39 is 5.97 Å². The van der Waals surface area contributed by atoms with Crippen molar-refractivity contribution >= 4 is 5.97 Å². The van der Waals surface area contributed by atoms with Crippen molar-refractivity contribution in [1.29, 1.82) is 0 Å². The lowest BCUT2D eigenvalue weighted by molar-refractivity contribution is -0.140. The molecule has 1 atom stereocenters. The lowest BCUT2D eigenvalue weighted by atomic mass is 9.83. The van der Waals surface area contributed by atoms with Crippen molar-refractivity contribution in [3.63, 3.8) is 0 Å².